The van der Waals surface area contributed by atoms with E-state index in [-0.39, 0.29) is 5.91 Å². The molecule has 6 heteroatoms. The van der Waals surface area contributed by atoms with Crippen LogP contribution in [0.4, 0.5) is 5.69 Å². The number of rotatable bonds is 5. The van der Waals surface area contributed by atoms with E-state index in [1.807, 2.05) is 28.9 Å². The van der Waals surface area contributed by atoms with Crippen molar-refractivity contribution in [3.63, 3.8) is 0 Å². The number of carbonyl (C=O) groups excluding carboxylic acids is 1. The quantitative estimate of drug-likeness (QED) is 0.758. The van der Waals surface area contributed by atoms with E-state index in [2.05, 4.69) is 39.0 Å². The number of hydrogen-bond donors (Lipinski definition) is 1. The van der Waals surface area contributed by atoms with E-state index in [9.17, 15) is 4.79 Å². The third kappa shape index (κ3) is 3.35. The number of tetrazole rings is 1. The lowest BCUT2D eigenvalue weighted by Crippen LogP contribution is -2.14. The highest BCUT2D eigenvalue weighted by Gasteiger charge is 2.28. The molecule has 2 aliphatic rings. The van der Waals surface area contributed by atoms with Gasteiger partial charge in [0.2, 0.25) is 5.91 Å². The van der Waals surface area contributed by atoms with Gasteiger partial charge in [-0.3, -0.25) is 4.79 Å². The molecule has 0 spiro atoms. The van der Waals surface area contributed by atoms with Crippen LogP contribution in [-0.2, 0) is 24.1 Å². The summed E-state index contributed by atoms with van der Waals surface area (Å²) >= 11 is 0. The summed E-state index contributed by atoms with van der Waals surface area (Å²) in [6.45, 7) is 0. The molecule has 3 aromatic rings. The number of hydrogen-bond acceptors (Lipinski definition) is 4. The second-order valence-corrected chi connectivity index (χ2v) is 7.44. The summed E-state index contributed by atoms with van der Waals surface area (Å²) in [5.74, 6) is 0.749. The SMILES string of the molecule is O=C(Cc1ccc2c(c1)CCC2)Nc1cccc(-c2nnnn2C2CC2)c1. The molecule has 0 bridgehead atoms. The molecule has 0 unspecified atom stereocenters. The van der Waals surface area contributed by atoms with Gasteiger partial charge in [0.25, 0.3) is 0 Å². The molecule has 1 heterocycles. The fourth-order valence-corrected chi connectivity index (χ4v) is 3.81. The zero-order valence-electron chi connectivity index (χ0n) is 15.1. The molecular weight excluding hydrogens is 338 g/mol. The third-order valence-corrected chi connectivity index (χ3v) is 5.32. The van der Waals surface area contributed by atoms with Crippen LogP contribution in [0.2, 0.25) is 0 Å². The Kier molecular flexibility index (Phi) is 3.96. The molecule has 1 fully saturated rings. The van der Waals surface area contributed by atoms with Gasteiger partial charge in [0.15, 0.2) is 5.82 Å². The first-order chi connectivity index (χ1) is 13.3. The number of carbonyl (C=O) groups is 1. The fraction of sp³-hybridized carbons (Fsp3) is 0.333. The number of nitrogens with one attached hydrogen (secondary N) is 1. The second-order valence-electron chi connectivity index (χ2n) is 7.44. The van der Waals surface area contributed by atoms with Crippen molar-refractivity contribution in [3.05, 3.63) is 59.2 Å². The molecule has 1 saturated carbocycles. The average molecular weight is 359 g/mol. The summed E-state index contributed by atoms with van der Waals surface area (Å²) in [4.78, 5) is 12.5. The van der Waals surface area contributed by atoms with Crippen molar-refractivity contribution < 1.29 is 4.79 Å². The van der Waals surface area contributed by atoms with Gasteiger partial charge in [0, 0.05) is 11.3 Å². The minimum atomic E-state index is -0.00752. The maximum atomic E-state index is 12.5. The molecule has 0 atom stereocenters. The second kappa shape index (κ2) is 6.61. The molecule has 136 valence electrons. The summed E-state index contributed by atoms with van der Waals surface area (Å²) in [5.41, 5.74) is 5.59. The van der Waals surface area contributed by atoms with E-state index >= 15 is 0 Å². The monoisotopic (exact) mass is 359 g/mol. The minimum Gasteiger partial charge on any atom is -0.326 e. The van der Waals surface area contributed by atoms with Crippen LogP contribution in [0.5, 0.6) is 0 Å². The molecule has 27 heavy (non-hydrogen) atoms. The topological polar surface area (TPSA) is 72.7 Å². The minimum absolute atomic E-state index is 0.00752. The fourth-order valence-electron chi connectivity index (χ4n) is 3.81. The molecule has 2 aliphatic carbocycles. The van der Waals surface area contributed by atoms with E-state index < -0.39 is 0 Å². The van der Waals surface area contributed by atoms with Crippen molar-refractivity contribution >= 4 is 11.6 Å². The van der Waals surface area contributed by atoms with E-state index in [1.165, 1.54) is 17.5 Å². The van der Waals surface area contributed by atoms with Crippen LogP contribution in [0.3, 0.4) is 0 Å². The van der Waals surface area contributed by atoms with Crippen LogP contribution in [0.15, 0.2) is 42.5 Å². The Hall–Kier alpha value is -3.02. The van der Waals surface area contributed by atoms with Crippen molar-refractivity contribution in [1.82, 2.24) is 20.2 Å². The number of aromatic nitrogens is 4. The summed E-state index contributed by atoms with van der Waals surface area (Å²) < 4.78 is 1.88. The van der Waals surface area contributed by atoms with Crippen LogP contribution in [0.25, 0.3) is 11.4 Å². The van der Waals surface area contributed by atoms with Crippen LogP contribution >= 0.6 is 0 Å². The maximum Gasteiger partial charge on any atom is 0.228 e. The van der Waals surface area contributed by atoms with Gasteiger partial charge in [0.1, 0.15) is 0 Å². The lowest BCUT2D eigenvalue weighted by Gasteiger charge is -2.09. The molecular formula is C21H21N5O. The van der Waals surface area contributed by atoms with Gasteiger partial charge >= 0.3 is 0 Å². The molecule has 2 aromatic carbocycles. The molecule has 0 radical (unpaired) electrons. The van der Waals surface area contributed by atoms with Gasteiger partial charge in [-0.1, -0.05) is 30.3 Å². The molecule has 1 amide bonds. The van der Waals surface area contributed by atoms with Gasteiger partial charge in [-0.05, 0) is 71.4 Å². The van der Waals surface area contributed by atoms with Gasteiger partial charge in [-0.2, -0.15) is 0 Å². The molecule has 6 nitrogen and oxygen atoms in total. The first-order valence-electron chi connectivity index (χ1n) is 9.55. The lowest BCUT2D eigenvalue weighted by atomic mass is 10.0. The van der Waals surface area contributed by atoms with E-state index in [4.69, 9.17) is 0 Å². The van der Waals surface area contributed by atoms with Crippen molar-refractivity contribution in [1.29, 1.82) is 0 Å². The van der Waals surface area contributed by atoms with Crippen LogP contribution in [-0.4, -0.2) is 26.1 Å². The van der Waals surface area contributed by atoms with Gasteiger partial charge < -0.3 is 5.32 Å². The van der Waals surface area contributed by atoms with Crippen molar-refractivity contribution in [2.24, 2.45) is 0 Å². The first-order valence-corrected chi connectivity index (χ1v) is 9.55. The first kappa shape index (κ1) is 16.2. The Bertz CT molecular complexity index is 1010. The normalized spacial score (nSPS) is 15.6. The van der Waals surface area contributed by atoms with Crippen LogP contribution in [0.1, 0.15) is 42.0 Å². The van der Waals surface area contributed by atoms with Crippen molar-refractivity contribution in [2.75, 3.05) is 5.32 Å². The van der Waals surface area contributed by atoms with E-state index in [1.54, 1.807) is 0 Å². The number of fused-ring (bicyclic) bond motifs is 1. The lowest BCUT2D eigenvalue weighted by molar-refractivity contribution is -0.115. The van der Waals surface area contributed by atoms with Gasteiger partial charge in [0.05, 0.1) is 12.5 Å². The van der Waals surface area contributed by atoms with Crippen LogP contribution in [0, 0.1) is 0 Å². The standard InChI is InChI=1S/C21H21N5O/c27-20(12-14-7-8-15-3-1-4-16(15)11-14)22-18-6-2-5-17(13-18)21-23-24-25-26(21)19-9-10-19/h2,5-8,11,13,19H,1,3-4,9-10,12H2,(H,22,27). The van der Waals surface area contributed by atoms with Gasteiger partial charge in [-0.15, -0.1) is 5.10 Å². The average Bonchev–Trinajstić information content (AvgIpc) is 3.21. The van der Waals surface area contributed by atoms with Crippen molar-refractivity contribution in [2.45, 2.75) is 44.6 Å². The van der Waals surface area contributed by atoms with Crippen LogP contribution < -0.4 is 5.32 Å². The summed E-state index contributed by atoms with van der Waals surface area (Å²) in [7, 11) is 0. The smallest absolute Gasteiger partial charge is 0.228 e. The van der Waals surface area contributed by atoms with Crippen molar-refractivity contribution in [3.8, 4) is 11.4 Å². The summed E-state index contributed by atoms with van der Waals surface area (Å²) in [6.07, 6.45) is 6.14. The summed E-state index contributed by atoms with van der Waals surface area (Å²) in [5, 5.41) is 15.1. The van der Waals surface area contributed by atoms with Gasteiger partial charge in [-0.25, -0.2) is 4.68 Å². The van der Waals surface area contributed by atoms with E-state index in [0.717, 1.165) is 48.3 Å². The molecule has 5 rings (SSSR count). The Morgan fingerprint density at radius 2 is 2.00 bits per heavy atom. The Morgan fingerprint density at radius 3 is 2.89 bits per heavy atom. The number of amides is 1. The Balaban J connectivity index is 1.30. The predicted octanol–water partition coefficient (Wildman–Crippen LogP) is 3.34. The highest BCUT2D eigenvalue weighted by Crippen LogP contribution is 2.36. The zero-order valence-corrected chi connectivity index (χ0v) is 15.1. The Morgan fingerprint density at radius 1 is 1.11 bits per heavy atom. The molecule has 0 aliphatic heterocycles. The number of benzene rings is 2. The summed E-state index contributed by atoms with van der Waals surface area (Å²) in [6, 6.07) is 14.6. The third-order valence-electron chi connectivity index (χ3n) is 5.32. The Labute approximate surface area is 157 Å². The number of aryl methyl sites for hydroxylation is 2. The molecule has 1 N–H and O–H groups in total. The largest absolute Gasteiger partial charge is 0.326 e. The van der Waals surface area contributed by atoms with E-state index in [0.29, 0.717) is 12.5 Å². The predicted molar refractivity (Wildman–Crippen MR) is 102 cm³/mol. The highest BCUT2D eigenvalue weighted by molar-refractivity contribution is 5.92. The number of nitrogens with zero attached hydrogens (tertiary/aromatic N) is 4. The highest BCUT2D eigenvalue weighted by atomic mass is 16.1. The number of anilines is 1. The molecule has 0 saturated heterocycles. The maximum absolute atomic E-state index is 12.5. The zero-order chi connectivity index (χ0) is 18.2. The molecule has 1 aromatic heterocycles.